The molecule has 0 fully saturated rings. The number of benzene rings is 1. The van der Waals surface area contributed by atoms with Crippen molar-refractivity contribution in [1.29, 1.82) is 0 Å². The van der Waals surface area contributed by atoms with Gasteiger partial charge in [-0.1, -0.05) is 0 Å². The average molecular weight is 252 g/mol. The molecule has 0 spiro atoms. The fraction of sp³-hybridized carbons (Fsp3) is 0.250. The van der Waals surface area contributed by atoms with E-state index in [9.17, 15) is 4.79 Å². The smallest absolute Gasteiger partial charge is 0.167 e. The van der Waals surface area contributed by atoms with E-state index >= 15 is 0 Å². The lowest BCUT2D eigenvalue weighted by Gasteiger charge is -2.18. The summed E-state index contributed by atoms with van der Waals surface area (Å²) in [5.41, 5.74) is 4.24. The standard InChI is InChI=1S/C16H16N2O/c19-16(10-12-5-8-17-9-6-12)14-3-4-15-13(11-14)2-1-7-18-15/h3-6,8-9,11,18H,1-2,7,10H2. The quantitative estimate of drug-likeness (QED) is 0.854. The zero-order valence-electron chi connectivity index (χ0n) is 10.7. The summed E-state index contributed by atoms with van der Waals surface area (Å²) in [5, 5.41) is 3.36. The molecule has 3 rings (SSSR count). The highest BCUT2D eigenvalue weighted by molar-refractivity contribution is 5.98. The van der Waals surface area contributed by atoms with Gasteiger partial charge in [-0.2, -0.15) is 0 Å². The summed E-state index contributed by atoms with van der Waals surface area (Å²) in [6.45, 7) is 1.03. The number of pyridine rings is 1. The lowest BCUT2D eigenvalue weighted by Crippen LogP contribution is -2.13. The van der Waals surface area contributed by atoms with Crippen LogP contribution in [0.5, 0.6) is 0 Å². The first kappa shape index (κ1) is 11.9. The summed E-state index contributed by atoms with van der Waals surface area (Å²) in [6, 6.07) is 9.75. The van der Waals surface area contributed by atoms with E-state index in [0.29, 0.717) is 6.42 Å². The molecule has 1 aliphatic heterocycles. The SMILES string of the molecule is O=C(Cc1ccncc1)c1ccc2c(c1)CCCN2. The van der Waals surface area contributed by atoms with E-state index in [4.69, 9.17) is 0 Å². The summed E-state index contributed by atoms with van der Waals surface area (Å²) >= 11 is 0. The van der Waals surface area contributed by atoms with E-state index in [0.717, 1.165) is 30.5 Å². The Morgan fingerprint density at radius 2 is 2.05 bits per heavy atom. The van der Waals surface area contributed by atoms with Gasteiger partial charge in [0.05, 0.1) is 0 Å². The molecule has 19 heavy (non-hydrogen) atoms. The van der Waals surface area contributed by atoms with E-state index in [1.807, 2.05) is 30.3 Å². The number of Topliss-reactive ketones (excluding diaryl/α,β-unsaturated/α-hetero) is 1. The van der Waals surface area contributed by atoms with E-state index in [1.165, 1.54) is 11.3 Å². The predicted molar refractivity (Wildman–Crippen MR) is 75.5 cm³/mol. The van der Waals surface area contributed by atoms with Crippen molar-refractivity contribution >= 4 is 11.5 Å². The van der Waals surface area contributed by atoms with Crippen molar-refractivity contribution < 1.29 is 4.79 Å². The maximum atomic E-state index is 12.3. The first-order chi connectivity index (χ1) is 9.33. The topological polar surface area (TPSA) is 42.0 Å². The molecule has 3 heteroatoms. The number of aryl methyl sites for hydroxylation is 1. The van der Waals surface area contributed by atoms with Crippen LogP contribution in [0.3, 0.4) is 0 Å². The number of aromatic nitrogens is 1. The molecule has 0 atom stereocenters. The molecular formula is C16H16N2O. The van der Waals surface area contributed by atoms with Gasteiger partial charge < -0.3 is 5.32 Å². The Balaban J connectivity index is 1.80. The fourth-order valence-corrected chi connectivity index (χ4v) is 2.44. The first-order valence-electron chi connectivity index (χ1n) is 6.62. The molecule has 3 nitrogen and oxygen atoms in total. The van der Waals surface area contributed by atoms with Gasteiger partial charge in [-0.05, 0) is 54.3 Å². The monoisotopic (exact) mass is 252 g/mol. The van der Waals surface area contributed by atoms with Gasteiger partial charge in [0.2, 0.25) is 0 Å². The Labute approximate surface area is 112 Å². The van der Waals surface area contributed by atoms with Crippen LogP contribution in [0.1, 0.15) is 27.9 Å². The number of carbonyl (C=O) groups is 1. The molecule has 1 aromatic carbocycles. The van der Waals surface area contributed by atoms with Gasteiger partial charge in [0.15, 0.2) is 5.78 Å². The number of rotatable bonds is 3. The van der Waals surface area contributed by atoms with Gasteiger partial charge >= 0.3 is 0 Å². The van der Waals surface area contributed by atoms with E-state index in [-0.39, 0.29) is 5.78 Å². The number of nitrogens with one attached hydrogen (secondary N) is 1. The number of nitrogens with zero attached hydrogens (tertiary/aromatic N) is 1. The molecule has 0 saturated heterocycles. The molecule has 0 amide bonds. The van der Waals surface area contributed by atoms with Crippen LogP contribution in [0.2, 0.25) is 0 Å². The van der Waals surface area contributed by atoms with Crippen LogP contribution >= 0.6 is 0 Å². The van der Waals surface area contributed by atoms with Crippen LogP contribution in [0, 0.1) is 0 Å². The Bertz CT molecular complexity index is 593. The van der Waals surface area contributed by atoms with Gasteiger partial charge in [0.1, 0.15) is 0 Å². The molecule has 96 valence electrons. The normalized spacial score (nSPS) is 13.5. The molecule has 0 unspecified atom stereocenters. The third-order valence-electron chi connectivity index (χ3n) is 3.48. The molecular weight excluding hydrogens is 236 g/mol. The Kier molecular flexibility index (Phi) is 3.27. The second-order valence-electron chi connectivity index (χ2n) is 4.86. The van der Waals surface area contributed by atoms with Gasteiger partial charge in [-0.25, -0.2) is 0 Å². The summed E-state index contributed by atoms with van der Waals surface area (Å²) in [4.78, 5) is 16.2. The number of fused-ring (bicyclic) bond motifs is 1. The summed E-state index contributed by atoms with van der Waals surface area (Å²) in [6.07, 6.45) is 6.07. The third-order valence-corrected chi connectivity index (χ3v) is 3.48. The van der Waals surface area contributed by atoms with Crippen LogP contribution in [0.15, 0.2) is 42.7 Å². The maximum absolute atomic E-state index is 12.3. The van der Waals surface area contributed by atoms with E-state index in [1.54, 1.807) is 12.4 Å². The molecule has 1 aromatic heterocycles. The highest BCUT2D eigenvalue weighted by atomic mass is 16.1. The average Bonchev–Trinajstić information content (AvgIpc) is 2.48. The lowest BCUT2D eigenvalue weighted by atomic mass is 9.97. The Hall–Kier alpha value is -2.16. The molecule has 0 radical (unpaired) electrons. The van der Waals surface area contributed by atoms with Gasteiger partial charge in [-0.15, -0.1) is 0 Å². The molecule has 2 heterocycles. The lowest BCUT2D eigenvalue weighted by molar-refractivity contribution is 0.0993. The molecule has 0 aliphatic carbocycles. The molecule has 1 N–H and O–H groups in total. The second-order valence-corrected chi connectivity index (χ2v) is 4.86. The van der Waals surface area contributed by atoms with Crippen molar-refractivity contribution in [2.45, 2.75) is 19.3 Å². The zero-order chi connectivity index (χ0) is 13.1. The number of hydrogen-bond acceptors (Lipinski definition) is 3. The number of carbonyl (C=O) groups excluding carboxylic acids is 1. The van der Waals surface area contributed by atoms with Crippen LogP contribution < -0.4 is 5.32 Å². The Morgan fingerprint density at radius 1 is 1.21 bits per heavy atom. The molecule has 2 aromatic rings. The largest absolute Gasteiger partial charge is 0.385 e. The second kappa shape index (κ2) is 5.22. The van der Waals surface area contributed by atoms with Crippen molar-refractivity contribution in [2.24, 2.45) is 0 Å². The fourth-order valence-electron chi connectivity index (χ4n) is 2.44. The minimum absolute atomic E-state index is 0.166. The minimum Gasteiger partial charge on any atom is -0.385 e. The van der Waals surface area contributed by atoms with Gasteiger partial charge in [0.25, 0.3) is 0 Å². The summed E-state index contributed by atoms with van der Waals surface area (Å²) in [5.74, 6) is 0.166. The van der Waals surface area contributed by atoms with Gasteiger partial charge in [0, 0.05) is 36.6 Å². The highest BCUT2D eigenvalue weighted by Crippen LogP contribution is 2.23. The van der Waals surface area contributed by atoms with Crippen molar-refractivity contribution in [1.82, 2.24) is 4.98 Å². The van der Waals surface area contributed by atoms with Crippen LogP contribution in [-0.2, 0) is 12.8 Å². The minimum atomic E-state index is 0.166. The molecule has 0 bridgehead atoms. The molecule has 0 saturated carbocycles. The summed E-state index contributed by atoms with van der Waals surface area (Å²) < 4.78 is 0. The number of ketones is 1. The van der Waals surface area contributed by atoms with Crippen molar-refractivity contribution in [3.63, 3.8) is 0 Å². The molecule has 1 aliphatic rings. The summed E-state index contributed by atoms with van der Waals surface area (Å²) in [7, 11) is 0. The van der Waals surface area contributed by atoms with Crippen LogP contribution in [-0.4, -0.2) is 17.3 Å². The van der Waals surface area contributed by atoms with E-state index < -0.39 is 0 Å². The van der Waals surface area contributed by atoms with Crippen molar-refractivity contribution in [3.8, 4) is 0 Å². The van der Waals surface area contributed by atoms with Crippen LogP contribution in [0.4, 0.5) is 5.69 Å². The zero-order valence-corrected chi connectivity index (χ0v) is 10.7. The Morgan fingerprint density at radius 3 is 2.89 bits per heavy atom. The highest BCUT2D eigenvalue weighted by Gasteiger charge is 2.12. The van der Waals surface area contributed by atoms with Gasteiger partial charge in [-0.3, -0.25) is 9.78 Å². The first-order valence-corrected chi connectivity index (χ1v) is 6.62. The van der Waals surface area contributed by atoms with Crippen molar-refractivity contribution in [2.75, 3.05) is 11.9 Å². The van der Waals surface area contributed by atoms with E-state index in [2.05, 4.69) is 10.3 Å². The number of anilines is 1. The predicted octanol–water partition coefficient (Wildman–Crippen LogP) is 2.87. The van der Waals surface area contributed by atoms with Crippen molar-refractivity contribution in [3.05, 3.63) is 59.4 Å². The third kappa shape index (κ3) is 2.65. The van der Waals surface area contributed by atoms with Crippen LogP contribution in [0.25, 0.3) is 0 Å². The maximum Gasteiger partial charge on any atom is 0.167 e. The number of hydrogen-bond donors (Lipinski definition) is 1.